The van der Waals surface area contributed by atoms with Gasteiger partial charge < -0.3 is 24.9 Å². The fourth-order valence-corrected chi connectivity index (χ4v) is 6.06. The molecule has 0 aliphatic carbocycles. The van der Waals surface area contributed by atoms with E-state index in [-0.39, 0.29) is 59.5 Å². The summed E-state index contributed by atoms with van der Waals surface area (Å²) in [5, 5.41) is 22.7. The van der Waals surface area contributed by atoms with Crippen molar-refractivity contribution in [1.29, 1.82) is 0 Å². The summed E-state index contributed by atoms with van der Waals surface area (Å²) in [6, 6.07) is 7.80. The first kappa shape index (κ1) is 42.3. The average molecular weight is 686 g/mol. The van der Waals surface area contributed by atoms with Gasteiger partial charge in [0.15, 0.2) is 0 Å². The van der Waals surface area contributed by atoms with Crippen LogP contribution in [0.2, 0.25) is 0 Å². The van der Waals surface area contributed by atoms with Crippen LogP contribution >= 0.6 is 0 Å². The number of benzene rings is 1. The molecule has 2 aromatic heterocycles. The molecule has 3 rings (SSSR count). The molecule has 2 N–H and O–H groups in total. The van der Waals surface area contributed by atoms with Crippen molar-refractivity contribution >= 4 is 22.9 Å². The summed E-state index contributed by atoms with van der Waals surface area (Å²) in [4.78, 5) is 42.4. The minimum Gasteiger partial charge on any atom is -0.550 e. The molecule has 0 fully saturated rings. The molecular formula is C39H53FN3NaO5. The third-order valence-corrected chi connectivity index (χ3v) is 8.74. The normalized spacial score (nSPS) is 11.9. The summed E-state index contributed by atoms with van der Waals surface area (Å²) in [5.74, 6) is -1.74. The molecule has 0 saturated carbocycles. The Labute approximate surface area is 312 Å². The van der Waals surface area contributed by atoms with Crippen molar-refractivity contribution in [3.05, 3.63) is 87.1 Å². The van der Waals surface area contributed by atoms with Crippen molar-refractivity contribution in [1.82, 2.24) is 14.9 Å². The molecule has 1 atom stereocenters. The van der Waals surface area contributed by atoms with Gasteiger partial charge in [0.25, 0.3) is 11.5 Å². The fourth-order valence-electron chi connectivity index (χ4n) is 6.06. The minimum absolute atomic E-state index is 0. The first-order valence-electron chi connectivity index (χ1n) is 17.8. The molecule has 0 radical (unpaired) electrons. The van der Waals surface area contributed by atoms with Gasteiger partial charge in [-0.1, -0.05) is 69.2 Å². The van der Waals surface area contributed by atoms with E-state index in [0.29, 0.717) is 42.4 Å². The molecule has 0 bridgehead atoms. The Hall–Kier alpha value is -2.85. The van der Waals surface area contributed by atoms with Crippen molar-refractivity contribution in [3.8, 4) is 0 Å². The van der Waals surface area contributed by atoms with Crippen molar-refractivity contribution in [2.24, 2.45) is 0 Å². The summed E-state index contributed by atoms with van der Waals surface area (Å²) in [6.45, 7) is 3.71. The van der Waals surface area contributed by atoms with Crippen LogP contribution in [0.4, 0.5) is 4.39 Å². The maximum atomic E-state index is 13.8. The van der Waals surface area contributed by atoms with Crippen molar-refractivity contribution in [2.45, 2.75) is 129 Å². The number of nitrogens with one attached hydrogen (secondary N) is 1. The van der Waals surface area contributed by atoms with Crippen molar-refractivity contribution in [2.75, 3.05) is 6.61 Å². The van der Waals surface area contributed by atoms with E-state index in [1.54, 1.807) is 29.8 Å². The second kappa shape index (κ2) is 23.5. The van der Waals surface area contributed by atoms with Gasteiger partial charge in [-0.2, -0.15) is 0 Å². The fraction of sp³-hybridized carbons (Fsp3) is 0.538. The van der Waals surface area contributed by atoms with Gasteiger partial charge in [-0.25, -0.2) is 4.39 Å². The Bertz CT molecular complexity index is 1540. The van der Waals surface area contributed by atoms with E-state index in [9.17, 15) is 29.0 Å². The molecule has 1 aromatic carbocycles. The number of allylic oxidation sites excluding steroid dienone is 2. The number of carboxylic acids is 1. The second-order valence-corrected chi connectivity index (χ2v) is 12.8. The molecule has 0 aliphatic rings. The number of aliphatic hydroxyl groups excluding tert-OH is 1. The monoisotopic (exact) mass is 685 g/mol. The number of hydrogen-bond donors (Lipinski definition) is 2. The maximum Gasteiger partial charge on any atom is 1.00 e. The Morgan fingerprint density at radius 2 is 1.53 bits per heavy atom. The number of hydrogen-bond acceptors (Lipinski definition) is 6. The van der Waals surface area contributed by atoms with Crippen LogP contribution in [-0.4, -0.2) is 39.2 Å². The minimum atomic E-state index is -0.958. The third kappa shape index (κ3) is 14.5. The van der Waals surface area contributed by atoms with Crippen LogP contribution in [0.25, 0.3) is 11.0 Å². The van der Waals surface area contributed by atoms with Crippen LogP contribution in [0.15, 0.2) is 53.5 Å². The van der Waals surface area contributed by atoms with Gasteiger partial charge in [-0.3, -0.25) is 14.6 Å². The van der Waals surface area contributed by atoms with Gasteiger partial charge in [-0.05, 0) is 107 Å². The van der Waals surface area contributed by atoms with Gasteiger partial charge in [0, 0.05) is 24.8 Å². The number of amides is 1. The summed E-state index contributed by atoms with van der Waals surface area (Å²) >= 11 is 0. The summed E-state index contributed by atoms with van der Waals surface area (Å²) in [6.07, 6.45) is 21.0. The Morgan fingerprint density at radius 1 is 0.939 bits per heavy atom. The van der Waals surface area contributed by atoms with Crippen LogP contribution in [-0.2, 0) is 24.2 Å². The molecular weight excluding hydrogens is 632 g/mol. The topological polar surface area (TPSA) is 124 Å². The molecule has 0 saturated heterocycles. The van der Waals surface area contributed by atoms with E-state index >= 15 is 0 Å². The Morgan fingerprint density at radius 3 is 2.12 bits per heavy atom. The molecule has 262 valence electrons. The van der Waals surface area contributed by atoms with E-state index in [0.717, 1.165) is 88.2 Å². The summed E-state index contributed by atoms with van der Waals surface area (Å²) in [5.41, 5.74) is 3.55. The third-order valence-electron chi connectivity index (χ3n) is 8.74. The Balaban J connectivity index is 0.00000833. The van der Waals surface area contributed by atoms with E-state index in [1.807, 2.05) is 13.0 Å². The van der Waals surface area contributed by atoms with Crippen molar-refractivity contribution < 1.29 is 53.7 Å². The van der Waals surface area contributed by atoms with Gasteiger partial charge in [0.2, 0.25) is 0 Å². The number of aryl methyl sites for hydroxylation is 2. The average Bonchev–Trinajstić information content (AvgIpc) is 3.06. The molecule has 0 unspecified atom stereocenters. The molecule has 3 aromatic rings. The molecule has 8 nitrogen and oxygen atoms in total. The van der Waals surface area contributed by atoms with Crippen LogP contribution in [0.1, 0.15) is 131 Å². The van der Waals surface area contributed by atoms with E-state index in [1.165, 1.54) is 12.1 Å². The first-order valence-corrected chi connectivity index (χ1v) is 17.8. The number of aliphatic carboxylic acids is 1. The van der Waals surface area contributed by atoms with E-state index < -0.39 is 17.9 Å². The smallest absolute Gasteiger partial charge is 0.550 e. The zero-order chi connectivity index (χ0) is 34.7. The summed E-state index contributed by atoms with van der Waals surface area (Å²) in [7, 11) is 0. The number of rotatable bonds is 23. The molecule has 10 heteroatoms. The van der Waals surface area contributed by atoms with Gasteiger partial charge in [0.05, 0.1) is 17.6 Å². The predicted octanol–water partition coefficient (Wildman–Crippen LogP) is 3.57. The first-order chi connectivity index (χ1) is 23.2. The van der Waals surface area contributed by atoms with Crippen LogP contribution in [0.5, 0.6) is 0 Å². The van der Waals surface area contributed by atoms with Crippen LogP contribution < -0.4 is 45.5 Å². The van der Waals surface area contributed by atoms with Crippen LogP contribution in [0.3, 0.4) is 0 Å². The number of carboxylic acid groups (broad SMARTS) is 1. The number of carbonyl (C=O) groups excluding carboxylic acids is 2. The number of nitrogens with zero attached hydrogens (tertiary/aromatic N) is 2. The van der Waals surface area contributed by atoms with Crippen molar-refractivity contribution in [3.63, 3.8) is 0 Å². The SMILES string of the molecule is CCn1c(=O)c(C(=O)N[C@@H](C)CO)c(CCCCCCCC/C=C\CCCCCCCC(=O)[O-])c2ncc(Cc3ccc(F)cc3)cc21.[Na+]. The number of pyridine rings is 2. The largest absolute Gasteiger partial charge is 1.00 e. The van der Waals surface area contributed by atoms with Gasteiger partial charge in [-0.15, -0.1) is 0 Å². The molecule has 2 heterocycles. The number of aromatic nitrogens is 2. The number of aliphatic hydroxyl groups is 1. The summed E-state index contributed by atoms with van der Waals surface area (Å²) < 4.78 is 15.0. The number of unbranched alkanes of at least 4 members (excludes halogenated alkanes) is 11. The molecule has 1 amide bonds. The molecule has 0 spiro atoms. The van der Waals surface area contributed by atoms with Crippen LogP contribution in [0, 0.1) is 5.82 Å². The maximum absolute atomic E-state index is 13.8. The quantitative estimate of drug-likeness (QED) is 0.0894. The van der Waals surface area contributed by atoms with Gasteiger partial charge >= 0.3 is 29.6 Å². The van der Waals surface area contributed by atoms with E-state index in [2.05, 4.69) is 17.5 Å². The van der Waals surface area contributed by atoms with Gasteiger partial charge in [0.1, 0.15) is 11.4 Å². The number of fused-ring (bicyclic) bond motifs is 1. The molecule has 49 heavy (non-hydrogen) atoms. The zero-order valence-corrected chi connectivity index (χ0v) is 31.8. The second-order valence-electron chi connectivity index (χ2n) is 12.8. The number of halogens is 1. The standard InChI is InChI=1S/C39H54FN3O5.Na/c1-3-43-34-26-31(25-30-21-23-32(40)24-22-30)27-41-37(34)33(36(39(43)48)38(47)42-29(2)28-44)19-17-15-13-11-9-7-5-4-6-8-10-12-14-16-18-20-35(45)46;/h4,6,21-24,26-27,29,44H,3,5,7-20,25,28H2,1-2H3,(H,42,47)(H,45,46);/q;+1/p-1/b6-4-;/t29-;/m0./s1. The Kier molecular flexibility index (Phi) is 20.3. The predicted molar refractivity (Wildman–Crippen MR) is 187 cm³/mol. The molecule has 0 aliphatic heterocycles. The zero-order valence-electron chi connectivity index (χ0n) is 29.8. The van der Waals surface area contributed by atoms with E-state index in [4.69, 9.17) is 4.98 Å². The number of carbonyl (C=O) groups is 2.